The number of benzene rings is 4. The summed E-state index contributed by atoms with van der Waals surface area (Å²) in [6.45, 7) is 20.0. The minimum atomic E-state index is -3.87. The van der Waals surface area contributed by atoms with Crippen molar-refractivity contribution >= 4 is 56.6 Å². The Hall–Kier alpha value is -3.53. The van der Waals surface area contributed by atoms with E-state index in [1.165, 1.54) is 48.5 Å². The molecular formula is C70H114O24S4Si2. The Kier molecular flexibility index (Phi) is 45.2. The van der Waals surface area contributed by atoms with Gasteiger partial charge in [-0.3, -0.25) is 16.7 Å². The molecule has 0 fully saturated rings. The van der Waals surface area contributed by atoms with Crippen LogP contribution in [0.2, 0.25) is 49.4 Å². The molecule has 0 heterocycles. The van der Waals surface area contributed by atoms with Crippen LogP contribution in [0.1, 0.15) is 60.8 Å². The van der Waals surface area contributed by atoms with E-state index in [1.807, 2.05) is 27.7 Å². The van der Waals surface area contributed by atoms with Crippen molar-refractivity contribution in [1.82, 2.24) is 0 Å². The molecule has 4 aromatic rings. The SMILES string of the molecule is COCCOCC(COCCC[Si](C)(CCCOCCOCCOS(=O)(=O)c1ccc(C)cc1)CCCOCCOCCOS(=O)(=O)c1ccc(C)cc1)OCCC[Si](C)(CCCOCCOCCOS(=O)(=O)c1ccc(C)cc1)CCCOCCOCCOS(=O)(=O)c1ccc(C)cc1. The van der Waals surface area contributed by atoms with Gasteiger partial charge >= 0.3 is 0 Å². The molecule has 0 spiro atoms. The van der Waals surface area contributed by atoms with Crippen molar-refractivity contribution in [2.75, 3.05) is 179 Å². The first-order chi connectivity index (χ1) is 48.0. The van der Waals surface area contributed by atoms with Crippen LogP contribution in [0.25, 0.3) is 0 Å². The zero-order chi connectivity index (χ0) is 72.7. The van der Waals surface area contributed by atoms with E-state index in [9.17, 15) is 33.7 Å². The largest absolute Gasteiger partial charge is 0.382 e. The van der Waals surface area contributed by atoms with Gasteiger partial charge in [-0.1, -0.05) is 120 Å². The lowest BCUT2D eigenvalue weighted by atomic mass is 10.2. The number of hydrogen-bond acceptors (Lipinski definition) is 24. The molecule has 24 nitrogen and oxygen atoms in total. The number of methoxy groups -OCH3 is 1. The van der Waals surface area contributed by atoms with Crippen molar-refractivity contribution in [1.29, 1.82) is 0 Å². The molecule has 1 unspecified atom stereocenters. The van der Waals surface area contributed by atoms with Gasteiger partial charge in [0.15, 0.2) is 0 Å². The zero-order valence-electron chi connectivity index (χ0n) is 60.1. The topological polar surface area (TPSA) is 284 Å². The minimum absolute atomic E-state index is 0.101. The molecule has 100 heavy (non-hydrogen) atoms. The lowest BCUT2D eigenvalue weighted by Crippen LogP contribution is -2.32. The summed E-state index contributed by atoms with van der Waals surface area (Å²) in [5.74, 6) is 0. The summed E-state index contributed by atoms with van der Waals surface area (Å²) < 4.78 is 191. The molecule has 0 N–H and O–H groups in total. The first-order valence-corrected chi connectivity index (χ1v) is 46.6. The molecule has 0 aliphatic rings. The molecule has 4 aromatic carbocycles. The van der Waals surface area contributed by atoms with Crippen molar-refractivity contribution in [3.63, 3.8) is 0 Å². The van der Waals surface area contributed by atoms with Crippen molar-refractivity contribution in [3.8, 4) is 0 Å². The average molecular weight is 1520 g/mol. The first kappa shape index (κ1) is 88.9. The molecule has 4 rings (SSSR count). The third kappa shape index (κ3) is 40.1. The molecule has 0 saturated heterocycles. The summed E-state index contributed by atoms with van der Waals surface area (Å²) in [6.07, 6.45) is 4.92. The van der Waals surface area contributed by atoms with Crippen LogP contribution < -0.4 is 0 Å². The number of ether oxygens (including phenoxy) is 12. The highest BCUT2D eigenvalue weighted by Gasteiger charge is 2.28. The smallest absolute Gasteiger partial charge is 0.297 e. The van der Waals surface area contributed by atoms with Crippen LogP contribution in [0.3, 0.4) is 0 Å². The molecule has 1 atom stereocenters. The number of hydrogen-bond donors (Lipinski definition) is 0. The van der Waals surface area contributed by atoms with Crippen molar-refractivity contribution in [2.24, 2.45) is 0 Å². The van der Waals surface area contributed by atoms with Crippen LogP contribution in [0, 0.1) is 27.7 Å². The van der Waals surface area contributed by atoms with Crippen LogP contribution in [-0.2, 0) is 114 Å². The third-order valence-electron chi connectivity index (χ3n) is 16.3. The Morgan fingerprint density at radius 2 is 0.470 bits per heavy atom. The van der Waals surface area contributed by atoms with Gasteiger partial charge in [0.25, 0.3) is 40.5 Å². The molecule has 30 heteroatoms. The predicted molar refractivity (Wildman–Crippen MR) is 387 cm³/mol. The van der Waals surface area contributed by atoms with Gasteiger partial charge in [-0.25, -0.2) is 0 Å². The Morgan fingerprint density at radius 3 is 0.720 bits per heavy atom. The fourth-order valence-corrected chi connectivity index (χ4v) is 21.5. The molecule has 0 radical (unpaired) electrons. The minimum Gasteiger partial charge on any atom is -0.382 e. The Balaban J connectivity index is 1.22. The molecule has 0 aromatic heterocycles. The monoisotopic (exact) mass is 1520 g/mol. The highest BCUT2D eigenvalue weighted by atomic mass is 32.2. The second kappa shape index (κ2) is 50.8. The number of aryl methyl sites for hydroxylation is 4. The zero-order valence-corrected chi connectivity index (χ0v) is 65.4. The van der Waals surface area contributed by atoms with Crippen LogP contribution in [-0.4, -0.2) is 235 Å². The summed E-state index contributed by atoms with van der Waals surface area (Å²) in [6, 6.07) is 32.1. The second-order valence-electron chi connectivity index (χ2n) is 25.1. The van der Waals surface area contributed by atoms with E-state index in [0.717, 1.165) is 97.0 Å². The van der Waals surface area contributed by atoms with E-state index >= 15 is 0 Å². The van der Waals surface area contributed by atoms with Crippen LogP contribution in [0.15, 0.2) is 117 Å². The fourth-order valence-electron chi connectivity index (χ4n) is 10.4. The summed E-state index contributed by atoms with van der Waals surface area (Å²) in [4.78, 5) is 0.408. The third-order valence-corrected chi connectivity index (χ3v) is 30.9. The van der Waals surface area contributed by atoms with Gasteiger partial charge < -0.3 is 56.8 Å². The lowest BCUT2D eigenvalue weighted by Gasteiger charge is -2.28. The summed E-state index contributed by atoms with van der Waals surface area (Å²) >= 11 is 0. The van der Waals surface area contributed by atoms with E-state index in [4.69, 9.17) is 73.6 Å². The first-order valence-electron chi connectivity index (χ1n) is 34.7. The maximum Gasteiger partial charge on any atom is 0.297 e. The summed E-state index contributed by atoms with van der Waals surface area (Å²) in [5.41, 5.74) is 3.80. The molecule has 570 valence electrons. The van der Waals surface area contributed by atoms with E-state index in [-0.39, 0.29) is 78.5 Å². The van der Waals surface area contributed by atoms with Gasteiger partial charge in [0.2, 0.25) is 0 Å². The fraction of sp³-hybridized carbons (Fsp3) is 0.657. The van der Waals surface area contributed by atoms with Crippen molar-refractivity contribution in [2.45, 2.75) is 141 Å². The van der Waals surface area contributed by atoms with Crippen LogP contribution in [0.4, 0.5) is 0 Å². The predicted octanol–water partition coefficient (Wildman–Crippen LogP) is 10.5. The van der Waals surface area contributed by atoms with Gasteiger partial charge in [-0.05, 0) is 115 Å². The Labute approximate surface area is 599 Å². The molecule has 0 bridgehead atoms. The Bertz CT molecular complexity index is 3030. The van der Waals surface area contributed by atoms with Gasteiger partial charge in [0.05, 0.1) is 168 Å². The van der Waals surface area contributed by atoms with E-state index in [1.54, 1.807) is 55.6 Å². The Morgan fingerprint density at radius 1 is 0.270 bits per heavy atom. The highest BCUT2D eigenvalue weighted by Crippen LogP contribution is 2.28. The molecule has 0 saturated carbocycles. The van der Waals surface area contributed by atoms with Gasteiger partial charge in [0, 0.05) is 46.8 Å². The van der Waals surface area contributed by atoms with Gasteiger partial charge in [-0.2, -0.15) is 33.7 Å². The van der Waals surface area contributed by atoms with Crippen LogP contribution in [0.5, 0.6) is 0 Å². The molecule has 0 amide bonds. The molecule has 0 aliphatic carbocycles. The number of rotatable bonds is 64. The second-order valence-corrected chi connectivity index (χ2v) is 41.8. The maximum absolute atomic E-state index is 12.5. The summed E-state index contributed by atoms with van der Waals surface area (Å²) in [5, 5.41) is 0. The standard InChI is InChI=1S/C70H114O24S4Si2/c1-62-14-22-67(23-15-62)95(71,72)91-50-46-84-42-38-80-30-8-54-99(6,55-9-31-81-39-43-85-47-51-92-96(73,74)68-24-16-63(2)17-25-68)58-12-34-88-60-66(61-89-37-36-79-5)90-35-13-59-100(7,56-10-32-82-40-44-86-48-52-93-97(75,76)69-26-18-64(3)19-27-69)57-11-33-83-41-45-87-49-53-94-98(77,78)70-28-20-65(4)21-29-70/h14-29,66H,8-13,30-61H2,1-7H3. The van der Waals surface area contributed by atoms with E-state index in [2.05, 4.69) is 13.1 Å². The van der Waals surface area contributed by atoms with Crippen molar-refractivity contribution < 1.29 is 107 Å². The van der Waals surface area contributed by atoms with Gasteiger partial charge in [0.1, 0.15) is 6.10 Å². The maximum atomic E-state index is 12.5. The van der Waals surface area contributed by atoms with Gasteiger partial charge in [-0.15, -0.1) is 0 Å². The van der Waals surface area contributed by atoms with Crippen molar-refractivity contribution in [3.05, 3.63) is 119 Å². The quantitative estimate of drug-likeness (QED) is 0.0225. The van der Waals surface area contributed by atoms with E-state index in [0.29, 0.717) is 119 Å². The molecule has 0 aliphatic heterocycles. The molecular weight excluding hydrogens is 1410 g/mol. The van der Waals surface area contributed by atoms with E-state index < -0.39 is 56.6 Å². The van der Waals surface area contributed by atoms with Crippen LogP contribution >= 0.6 is 0 Å². The summed E-state index contributed by atoms with van der Waals surface area (Å²) in [7, 11) is -17.5. The normalized spacial score (nSPS) is 13.0. The lowest BCUT2D eigenvalue weighted by molar-refractivity contribution is -0.0649. The average Bonchev–Trinajstić information content (AvgIpc) is 0.873. The highest BCUT2D eigenvalue weighted by molar-refractivity contribution is 7.87.